The van der Waals surface area contributed by atoms with Gasteiger partial charge in [0.05, 0.1) is 0 Å². The third-order valence-corrected chi connectivity index (χ3v) is 1.56. The first-order chi connectivity index (χ1) is 4.74. The molecule has 0 aliphatic heterocycles. The second-order valence-corrected chi connectivity index (χ2v) is 2.84. The van der Waals surface area contributed by atoms with Crippen LogP contribution in [0.15, 0.2) is 10.8 Å². The van der Waals surface area contributed by atoms with Crippen molar-refractivity contribution in [3.63, 3.8) is 0 Å². The van der Waals surface area contributed by atoms with Crippen molar-refractivity contribution in [1.82, 2.24) is 9.55 Å². The van der Waals surface area contributed by atoms with E-state index in [1.807, 2.05) is 24.7 Å². The first-order valence-corrected chi connectivity index (χ1v) is 3.96. The average molecular weight is 204 g/mol. The number of hydrogen-bond donors (Lipinski definition) is 1. The fraction of sp³-hybridized carbons (Fsp3) is 0.500. The van der Waals surface area contributed by atoms with E-state index in [0.717, 1.165) is 17.1 Å². The van der Waals surface area contributed by atoms with Gasteiger partial charge in [0.1, 0.15) is 4.60 Å². The molecular weight excluding hydrogens is 194 g/mol. The van der Waals surface area contributed by atoms with Crippen molar-refractivity contribution in [3.05, 3.63) is 10.8 Å². The second kappa shape index (κ2) is 3.05. The number of nitrogens with one attached hydrogen (secondary N) is 1. The molecule has 10 heavy (non-hydrogen) atoms. The highest BCUT2D eigenvalue weighted by Gasteiger charge is 1.98. The third-order valence-electron chi connectivity index (χ3n) is 1.18. The second-order valence-electron chi connectivity index (χ2n) is 2.03. The Morgan fingerprint density at radius 3 is 2.90 bits per heavy atom. The zero-order chi connectivity index (χ0) is 7.56. The molecule has 1 aromatic heterocycles. The molecule has 4 heteroatoms. The first kappa shape index (κ1) is 7.60. The van der Waals surface area contributed by atoms with Crippen LogP contribution in [-0.4, -0.2) is 16.1 Å². The van der Waals surface area contributed by atoms with Gasteiger partial charge in [0, 0.05) is 19.8 Å². The maximum absolute atomic E-state index is 4.17. The third kappa shape index (κ3) is 1.50. The lowest BCUT2D eigenvalue weighted by Gasteiger charge is -1.99. The standard InChI is InChI=1S/C6H10BrN3/c1-3-8-6-9-5(7)4-10(6)2/h4H,3H2,1-2H3,(H,8,9). The Balaban J connectivity index is 2.81. The molecule has 1 heterocycles. The maximum Gasteiger partial charge on any atom is 0.203 e. The topological polar surface area (TPSA) is 29.9 Å². The number of nitrogens with zero attached hydrogens (tertiary/aromatic N) is 2. The minimum atomic E-state index is 0.867. The van der Waals surface area contributed by atoms with E-state index >= 15 is 0 Å². The Labute approximate surface area is 68.6 Å². The van der Waals surface area contributed by atoms with Crippen molar-refractivity contribution in [3.8, 4) is 0 Å². The van der Waals surface area contributed by atoms with Gasteiger partial charge in [-0.25, -0.2) is 4.98 Å². The molecule has 0 aliphatic rings. The van der Waals surface area contributed by atoms with Gasteiger partial charge in [0.2, 0.25) is 5.95 Å². The van der Waals surface area contributed by atoms with Gasteiger partial charge in [-0.2, -0.15) is 0 Å². The predicted molar refractivity (Wildman–Crippen MR) is 45.1 cm³/mol. The molecule has 0 saturated carbocycles. The number of aryl methyl sites for hydroxylation is 1. The predicted octanol–water partition coefficient (Wildman–Crippen LogP) is 1.61. The summed E-state index contributed by atoms with van der Waals surface area (Å²) in [6.45, 7) is 2.94. The molecule has 0 bridgehead atoms. The summed E-state index contributed by atoms with van der Waals surface area (Å²) in [4.78, 5) is 4.17. The summed E-state index contributed by atoms with van der Waals surface area (Å²) in [6.07, 6.45) is 1.91. The largest absolute Gasteiger partial charge is 0.356 e. The van der Waals surface area contributed by atoms with Crippen molar-refractivity contribution in [2.75, 3.05) is 11.9 Å². The molecule has 3 nitrogen and oxygen atoms in total. The summed E-state index contributed by atoms with van der Waals surface area (Å²) in [5.41, 5.74) is 0. The van der Waals surface area contributed by atoms with E-state index in [9.17, 15) is 0 Å². The van der Waals surface area contributed by atoms with Crippen LogP contribution < -0.4 is 5.32 Å². The molecule has 0 unspecified atom stereocenters. The molecule has 1 N–H and O–H groups in total. The highest BCUT2D eigenvalue weighted by molar-refractivity contribution is 9.10. The Bertz CT molecular complexity index is 219. The molecule has 0 amide bonds. The van der Waals surface area contributed by atoms with E-state index in [-0.39, 0.29) is 0 Å². The Morgan fingerprint density at radius 1 is 1.80 bits per heavy atom. The van der Waals surface area contributed by atoms with E-state index in [1.165, 1.54) is 0 Å². The highest BCUT2D eigenvalue weighted by Crippen LogP contribution is 2.11. The Kier molecular flexibility index (Phi) is 2.32. The molecule has 0 saturated heterocycles. The molecular formula is C6H10BrN3. The molecule has 56 valence electrons. The van der Waals surface area contributed by atoms with Gasteiger partial charge in [-0.05, 0) is 22.9 Å². The summed E-state index contributed by atoms with van der Waals surface area (Å²) in [6, 6.07) is 0. The summed E-state index contributed by atoms with van der Waals surface area (Å²) < 4.78 is 2.80. The average Bonchev–Trinajstić information content (AvgIpc) is 2.13. The van der Waals surface area contributed by atoms with Gasteiger partial charge in [-0.15, -0.1) is 0 Å². The van der Waals surface area contributed by atoms with Crippen LogP contribution in [0.5, 0.6) is 0 Å². The fourth-order valence-corrected chi connectivity index (χ4v) is 1.23. The van der Waals surface area contributed by atoms with Crippen molar-refractivity contribution >= 4 is 21.9 Å². The van der Waals surface area contributed by atoms with Crippen LogP contribution in [0, 0.1) is 0 Å². The lowest BCUT2D eigenvalue weighted by atomic mass is 10.7. The van der Waals surface area contributed by atoms with Gasteiger partial charge in [-0.3, -0.25) is 0 Å². The SMILES string of the molecule is CCNc1nc(Br)cn1C. The van der Waals surface area contributed by atoms with Gasteiger partial charge >= 0.3 is 0 Å². The molecule has 0 spiro atoms. The summed E-state index contributed by atoms with van der Waals surface area (Å²) in [7, 11) is 1.95. The molecule has 0 radical (unpaired) electrons. The number of halogens is 1. The van der Waals surface area contributed by atoms with E-state index in [1.54, 1.807) is 0 Å². The van der Waals surface area contributed by atoms with Crippen molar-refractivity contribution in [2.24, 2.45) is 7.05 Å². The number of rotatable bonds is 2. The highest BCUT2D eigenvalue weighted by atomic mass is 79.9. The summed E-state index contributed by atoms with van der Waals surface area (Å²) in [5, 5.41) is 3.12. The zero-order valence-corrected chi connectivity index (χ0v) is 7.64. The summed E-state index contributed by atoms with van der Waals surface area (Å²) in [5.74, 6) is 0.898. The van der Waals surface area contributed by atoms with Crippen LogP contribution in [0.4, 0.5) is 5.95 Å². The van der Waals surface area contributed by atoms with Crippen molar-refractivity contribution in [1.29, 1.82) is 0 Å². The van der Waals surface area contributed by atoms with Crippen LogP contribution in [0.1, 0.15) is 6.92 Å². The van der Waals surface area contributed by atoms with Crippen LogP contribution in [-0.2, 0) is 7.05 Å². The fourth-order valence-electron chi connectivity index (χ4n) is 0.752. The number of imidazole rings is 1. The van der Waals surface area contributed by atoms with Gasteiger partial charge in [0.25, 0.3) is 0 Å². The molecule has 0 aromatic carbocycles. The smallest absolute Gasteiger partial charge is 0.203 e. The molecule has 1 rings (SSSR count). The van der Waals surface area contributed by atoms with Crippen LogP contribution in [0.25, 0.3) is 0 Å². The zero-order valence-electron chi connectivity index (χ0n) is 6.06. The van der Waals surface area contributed by atoms with Crippen molar-refractivity contribution in [2.45, 2.75) is 6.92 Å². The lowest BCUT2D eigenvalue weighted by Crippen LogP contribution is -2.02. The molecule has 0 atom stereocenters. The number of anilines is 1. The van der Waals surface area contributed by atoms with E-state index in [0.29, 0.717) is 0 Å². The molecule has 0 aliphatic carbocycles. The first-order valence-electron chi connectivity index (χ1n) is 3.16. The van der Waals surface area contributed by atoms with Crippen LogP contribution >= 0.6 is 15.9 Å². The Hall–Kier alpha value is -0.510. The minimum absolute atomic E-state index is 0.867. The molecule has 0 fully saturated rings. The summed E-state index contributed by atoms with van der Waals surface area (Å²) >= 11 is 3.28. The van der Waals surface area contributed by atoms with E-state index in [4.69, 9.17) is 0 Å². The minimum Gasteiger partial charge on any atom is -0.356 e. The van der Waals surface area contributed by atoms with E-state index in [2.05, 4.69) is 26.2 Å². The van der Waals surface area contributed by atoms with Crippen LogP contribution in [0.2, 0.25) is 0 Å². The monoisotopic (exact) mass is 203 g/mol. The number of hydrogen-bond acceptors (Lipinski definition) is 2. The number of aromatic nitrogens is 2. The van der Waals surface area contributed by atoms with Gasteiger partial charge in [-0.1, -0.05) is 0 Å². The van der Waals surface area contributed by atoms with Gasteiger partial charge < -0.3 is 9.88 Å². The van der Waals surface area contributed by atoms with Crippen molar-refractivity contribution < 1.29 is 0 Å². The van der Waals surface area contributed by atoms with Gasteiger partial charge in [0.15, 0.2) is 0 Å². The lowest BCUT2D eigenvalue weighted by molar-refractivity contribution is 0.907. The molecule has 1 aromatic rings. The van der Waals surface area contributed by atoms with E-state index < -0.39 is 0 Å². The normalized spacial score (nSPS) is 9.90. The van der Waals surface area contributed by atoms with Crippen LogP contribution in [0.3, 0.4) is 0 Å². The maximum atomic E-state index is 4.17. The quantitative estimate of drug-likeness (QED) is 0.793. The Morgan fingerprint density at radius 2 is 2.50 bits per heavy atom.